The second-order valence-electron chi connectivity index (χ2n) is 1.25. The van der Waals surface area contributed by atoms with Crippen LogP contribution in [0.4, 0.5) is 0 Å². The van der Waals surface area contributed by atoms with Gasteiger partial charge in [0.25, 0.3) is 0 Å². The average Bonchev–Trinajstić information content (AvgIpc) is 1.65. The average molecular weight is 157 g/mol. The summed E-state index contributed by atoms with van der Waals surface area (Å²) in [4.78, 5) is 18.9. The van der Waals surface area contributed by atoms with E-state index in [4.69, 9.17) is 10.2 Å². The van der Waals surface area contributed by atoms with E-state index in [-0.39, 0.29) is 29.6 Å². The van der Waals surface area contributed by atoms with E-state index in [9.17, 15) is 19.8 Å². The molecule has 0 saturated heterocycles. The van der Waals surface area contributed by atoms with Gasteiger partial charge in [-0.1, -0.05) is 0 Å². The number of hydrogen-bond donors (Lipinski definition) is 2. The van der Waals surface area contributed by atoms with Crippen LogP contribution in [0, 0.1) is 0 Å². The van der Waals surface area contributed by atoms with Gasteiger partial charge in [-0.2, -0.15) is 0 Å². The third-order valence-electron chi connectivity index (χ3n) is 0.569. The Hall–Kier alpha value is -0.140. The predicted octanol–water partition coefficient (Wildman–Crippen LogP) is -7.83. The van der Waals surface area contributed by atoms with E-state index >= 15 is 0 Å². The van der Waals surface area contributed by atoms with Gasteiger partial charge in [0.1, 0.15) is 11.9 Å². The van der Waals surface area contributed by atoms with Gasteiger partial charge in [-0.3, -0.25) is 0 Å². The smallest absolute Gasteiger partial charge is 0.544 e. The van der Waals surface area contributed by atoms with Gasteiger partial charge in [0.15, 0.2) is 0 Å². The van der Waals surface area contributed by atoms with Crippen molar-refractivity contribution in [3.8, 4) is 0 Å². The maximum atomic E-state index is 9.43. The molecule has 7 heteroatoms. The first kappa shape index (κ1) is 12.5. The summed E-state index contributed by atoms with van der Waals surface area (Å²) in [7, 11) is 0. The van der Waals surface area contributed by atoms with Crippen molar-refractivity contribution in [2.24, 2.45) is 0 Å². The largest absolute Gasteiger partial charge is 1.00 e. The molecule has 0 aromatic heterocycles. The van der Waals surface area contributed by atoms with Gasteiger partial charge < -0.3 is 30.0 Å². The minimum absolute atomic E-state index is 0. The van der Waals surface area contributed by atoms with Gasteiger partial charge >= 0.3 is 29.6 Å². The summed E-state index contributed by atoms with van der Waals surface area (Å²) in [6.07, 6.45) is 0. The SMILES string of the molecule is O=C([O-])C(O)(O)C(=O)[O-].[Na+]. The fraction of sp³-hybridized carbons (Fsp3) is 0.333. The summed E-state index contributed by atoms with van der Waals surface area (Å²) >= 11 is 0. The molecule has 0 fully saturated rings. The van der Waals surface area contributed by atoms with E-state index in [2.05, 4.69) is 0 Å². The number of aliphatic carboxylic acids is 2. The Labute approximate surface area is 77.4 Å². The zero-order valence-corrected chi connectivity index (χ0v) is 7.03. The van der Waals surface area contributed by atoms with E-state index in [0.29, 0.717) is 0 Å². The Morgan fingerprint density at radius 2 is 1.30 bits per heavy atom. The normalized spacial score (nSPS) is 9.80. The number of carbonyl (C=O) groups is 2. The Balaban J connectivity index is 0. The summed E-state index contributed by atoms with van der Waals surface area (Å²) in [6.45, 7) is 0. The molecule has 10 heavy (non-hydrogen) atoms. The van der Waals surface area contributed by atoms with Crippen LogP contribution in [0.25, 0.3) is 0 Å². The Morgan fingerprint density at radius 1 is 1.10 bits per heavy atom. The monoisotopic (exact) mass is 157 g/mol. The number of hydrogen-bond acceptors (Lipinski definition) is 6. The van der Waals surface area contributed by atoms with Crippen molar-refractivity contribution in [3.05, 3.63) is 0 Å². The first-order chi connectivity index (χ1) is 3.89. The Morgan fingerprint density at radius 3 is 1.30 bits per heavy atom. The second-order valence-corrected chi connectivity index (χ2v) is 1.25. The van der Waals surface area contributed by atoms with Crippen LogP contribution in [-0.2, 0) is 9.59 Å². The summed E-state index contributed by atoms with van der Waals surface area (Å²) in [5.41, 5.74) is 0. The minimum atomic E-state index is -3.89. The molecule has 0 aliphatic carbocycles. The van der Waals surface area contributed by atoms with Crippen LogP contribution in [0.5, 0.6) is 0 Å². The van der Waals surface area contributed by atoms with Crippen molar-refractivity contribution in [2.45, 2.75) is 5.79 Å². The molecule has 0 saturated carbocycles. The van der Waals surface area contributed by atoms with Crippen molar-refractivity contribution in [1.82, 2.24) is 0 Å². The zero-order valence-electron chi connectivity index (χ0n) is 5.03. The number of rotatable bonds is 2. The van der Waals surface area contributed by atoms with Gasteiger partial charge in [0, 0.05) is 0 Å². The molecular formula is C3H2NaO6-. The van der Waals surface area contributed by atoms with Gasteiger partial charge in [-0.15, -0.1) is 0 Å². The number of carboxylic acids is 2. The molecular weight excluding hydrogens is 155 g/mol. The third kappa shape index (κ3) is 2.63. The van der Waals surface area contributed by atoms with E-state index in [1.807, 2.05) is 0 Å². The molecule has 52 valence electrons. The van der Waals surface area contributed by atoms with E-state index in [1.165, 1.54) is 0 Å². The Kier molecular flexibility index (Phi) is 4.88. The van der Waals surface area contributed by atoms with Gasteiger partial charge in [0.2, 0.25) is 5.79 Å². The first-order valence-electron chi connectivity index (χ1n) is 1.76. The van der Waals surface area contributed by atoms with Crippen molar-refractivity contribution in [2.75, 3.05) is 0 Å². The zero-order chi connectivity index (χ0) is 7.65. The number of carboxylic acid groups (broad SMARTS) is 2. The molecule has 0 aliphatic heterocycles. The summed E-state index contributed by atoms with van der Waals surface area (Å²) in [5.74, 6) is -8.94. The molecule has 2 N–H and O–H groups in total. The molecule has 0 spiro atoms. The van der Waals surface area contributed by atoms with Crippen LogP contribution in [0.15, 0.2) is 0 Å². The summed E-state index contributed by atoms with van der Waals surface area (Å²) < 4.78 is 0. The van der Waals surface area contributed by atoms with Gasteiger partial charge in [0.05, 0.1) is 0 Å². The molecule has 0 radical (unpaired) electrons. The van der Waals surface area contributed by atoms with E-state index < -0.39 is 17.7 Å². The van der Waals surface area contributed by atoms with Crippen molar-refractivity contribution >= 4 is 11.9 Å². The van der Waals surface area contributed by atoms with Crippen LogP contribution < -0.4 is 39.8 Å². The molecule has 0 aliphatic rings. The second kappa shape index (κ2) is 3.89. The van der Waals surface area contributed by atoms with E-state index in [1.54, 1.807) is 0 Å². The maximum absolute atomic E-state index is 9.43. The van der Waals surface area contributed by atoms with Crippen molar-refractivity contribution in [3.63, 3.8) is 0 Å². The maximum Gasteiger partial charge on any atom is 1.00 e. The van der Waals surface area contributed by atoms with Crippen LogP contribution >= 0.6 is 0 Å². The molecule has 0 rings (SSSR count). The van der Waals surface area contributed by atoms with Crippen LogP contribution in [0.3, 0.4) is 0 Å². The number of aliphatic hydroxyl groups is 2. The van der Waals surface area contributed by atoms with Crippen molar-refractivity contribution in [1.29, 1.82) is 0 Å². The number of carbonyl (C=O) groups excluding carboxylic acids is 2. The van der Waals surface area contributed by atoms with Gasteiger partial charge in [-0.05, 0) is 0 Å². The minimum Gasteiger partial charge on any atom is -0.544 e. The molecule has 6 nitrogen and oxygen atoms in total. The molecule has 0 bridgehead atoms. The predicted molar refractivity (Wildman–Crippen MR) is 17.2 cm³/mol. The Bertz CT molecular complexity index is 135. The van der Waals surface area contributed by atoms with Crippen LogP contribution in [0.2, 0.25) is 0 Å². The molecule has 0 amide bonds. The molecule has 0 atom stereocenters. The summed E-state index contributed by atoms with van der Waals surface area (Å²) in [5, 5.41) is 34.7. The summed E-state index contributed by atoms with van der Waals surface area (Å²) in [6, 6.07) is 0. The molecule has 0 heterocycles. The molecule has 0 aromatic carbocycles. The van der Waals surface area contributed by atoms with Gasteiger partial charge in [-0.25, -0.2) is 0 Å². The fourth-order valence-corrected chi connectivity index (χ4v) is 0.0833. The van der Waals surface area contributed by atoms with Crippen molar-refractivity contribution < 1.29 is 59.6 Å². The van der Waals surface area contributed by atoms with Crippen LogP contribution in [-0.4, -0.2) is 27.9 Å². The standard InChI is InChI=1S/C3H4O6.Na/c4-1(5)3(8,9)2(6)7;/h8-9H,(H,4,5)(H,6,7);/q;+1/p-2. The fourth-order valence-electron chi connectivity index (χ4n) is 0.0833. The topological polar surface area (TPSA) is 121 Å². The van der Waals surface area contributed by atoms with Crippen LogP contribution in [0.1, 0.15) is 0 Å². The molecule has 0 aromatic rings. The third-order valence-corrected chi connectivity index (χ3v) is 0.569. The van der Waals surface area contributed by atoms with E-state index in [0.717, 1.165) is 0 Å². The molecule has 0 unspecified atom stereocenters. The first-order valence-corrected chi connectivity index (χ1v) is 1.76. The quantitative estimate of drug-likeness (QED) is 0.233.